The largest absolute Gasteiger partial charge is 0.135 e. The second-order valence-corrected chi connectivity index (χ2v) is 2.52. The van der Waals surface area contributed by atoms with Gasteiger partial charge < -0.3 is 0 Å². The molecule has 0 saturated heterocycles. The van der Waals surface area contributed by atoms with Crippen molar-refractivity contribution in [1.29, 1.82) is 0 Å². The Bertz CT molecular complexity index is 21.5. The minimum Gasteiger partial charge on any atom is -0.135 e. The fourth-order valence-electron chi connectivity index (χ4n) is 0. The molecule has 0 bridgehead atoms. The summed E-state index contributed by atoms with van der Waals surface area (Å²) in [6, 6.07) is 0. The van der Waals surface area contributed by atoms with Crippen molar-refractivity contribution in [3.05, 3.63) is 0 Å². The monoisotopic (exact) mass is 254 g/mol. The molecule has 0 nitrogen and oxygen atoms in total. The Morgan fingerprint density at radius 3 is 1.83 bits per heavy atom. The van der Waals surface area contributed by atoms with Crippen LogP contribution in [0.4, 0.5) is 0 Å². The van der Waals surface area contributed by atoms with Crippen LogP contribution < -0.4 is 0 Å². The van der Waals surface area contributed by atoms with Crippen LogP contribution in [0.15, 0.2) is 0 Å². The third kappa shape index (κ3) is 9.20. The van der Waals surface area contributed by atoms with E-state index in [0.717, 1.165) is 5.66 Å². The number of hydrogen-bond donors (Lipinski definition) is 0. The van der Waals surface area contributed by atoms with Gasteiger partial charge in [0, 0.05) is 38.2 Å². The van der Waals surface area contributed by atoms with Crippen molar-refractivity contribution in [1.82, 2.24) is 0 Å². The van der Waals surface area contributed by atoms with Crippen molar-refractivity contribution < 1.29 is 38.2 Å². The summed E-state index contributed by atoms with van der Waals surface area (Å²) in [6.07, 6.45) is 1.27. The quantitative estimate of drug-likeness (QED) is 0.623. The van der Waals surface area contributed by atoms with Gasteiger partial charge in [0.2, 0.25) is 0 Å². The summed E-state index contributed by atoms with van der Waals surface area (Å²) >= 11 is 0. The van der Waals surface area contributed by atoms with Gasteiger partial charge in [-0.25, -0.2) is 0 Å². The van der Waals surface area contributed by atoms with Gasteiger partial charge in [0.05, 0.1) is 0 Å². The predicted molar refractivity (Wildman–Crippen MR) is 29.5 cm³/mol. The first-order valence-corrected chi connectivity index (χ1v) is 2.69. The summed E-state index contributed by atoms with van der Waals surface area (Å²) in [5.41, 5.74) is 0.801. The van der Waals surface area contributed by atoms with Gasteiger partial charge in [-0.3, -0.25) is 0 Å². The third-order valence-electron chi connectivity index (χ3n) is 0.644. The van der Waals surface area contributed by atoms with Crippen molar-refractivity contribution >= 4 is 9.24 Å². The standard InChI is InChI=1S/C4H11P.Dy/c1-3-4(2)5;/h4H,3,5H2,1-2H3;. The van der Waals surface area contributed by atoms with E-state index in [-0.39, 0.29) is 38.2 Å². The first kappa shape index (κ1) is 10.6. The van der Waals surface area contributed by atoms with E-state index in [1.165, 1.54) is 6.42 Å². The van der Waals surface area contributed by atoms with Crippen LogP contribution in [-0.2, 0) is 0 Å². The van der Waals surface area contributed by atoms with Crippen LogP contribution in [0.5, 0.6) is 0 Å². The summed E-state index contributed by atoms with van der Waals surface area (Å²) < 4.78 is 0. The van der Waals surface area contributed by atoms with Crippen molar-refractivity contribution in [2.45, 2.75) is 25.9 Å². The van der Waals surface area contributed by atoms with E-state index in [0.29, 0.717) is 0 Å². The molecule has 0 aliphatic carbocycles. The maximum absolute atomic E-state index is 2.73. The van der Waals surface area contributed by atoms with E-state index < -0.39 is 0 Å². The summed E-state index contributed by atoms with van der Waals surface area (Å²) in [5, 5.41) is 0. The van der Waals surface area contributed by atoms with E-state index in [9.17, 15) is 0 Å². The van der Waals surface area contributed by atoms with Gasteiger partial charge in [0.25, 0.3) is 0 Å². The van der Waals surface area contributed by atoms with Crippen molar-refractivity contribution in [3.63, 3.8) is 0 Å². The molecule has 0 spiro atoms. The molecule has 0 saturated carbocycles. The van der Waals surface area contributed by atoms with Crippen LogP contribution in [0, 0.1) is 38.2 Å². The van der Waals surface area contributed by atoms with Gasteiger partial charge in [-0.15, -0.1) is 9.24 Å². The second-order valence-electron chi connectivity index (χ2n) is 1.39. The van der Waals surface area contributed by atoms with E-state index >= 15 is 0 Å². The zero-order valence-electron chi connectivity index (χ0n) is 4.18. The third-order valence-corrected chi connectivity index (χ3v) is 1.12. The van der Waals surface area contributed by atoms with E-state index in [1.54, 1.807) is 0 Å². The van der Waals surface area contributed by atoms with Gasteiger partial charge >= 0.3 is 0 Å². The Labute approximate surface area is 72.7 Å². The average molecular weight is 253 g/mol. The smallest absolute Gasteiger partial charge is 0 e. The minimum absolute atomic E-state index is 0. The van der Waals surface area contributed by atoms with Gasteiger partial charge in [0.15, 0.2) is 0 Å². The molecule has 42 valence electrons. The Kier molecular flexibility index (Phi) is 11.9. The van der Waals surface area contributed by atoms with Gasteiger partial charge in [-0.05, 0) is 5.66 Å². The van der Waals surface area contributed by atoms with Gasteiger partial charge in [0.1, 0.15) is 0 Å². The van der Waals surface area contributed by atoms with Crippen LogP contribution in [0.2, 0.25) is 0 Å². The van der Waals surface area contributed by atoms with E-state index in [4.69, 9.17) is 0 Å². The van der Waals surface area contributed by atoms with E-state index in [1.807, 2.05) is 0 Å². The summed E-state index contributed by atoms with van der Waals surface area (Å²) in [5.74, 6) is 0. The molecule has 2 atom stereocenters. The predicted octanol–water partition coefficient (Wildman–Crippen LogP) is 1.66. The van der Waals surface area contributed by atoms with Crippen LogP contribution in [0.3, 0.4) is 0 Å². The molecule has 0 aromatic rings. The molecule has 0 radical (unpaired) electrons. The molecule has 2 heteroatoms. The molecule has 0 aromatic carbocycles. The summed E-state index contributed by atoms with van der Waals surface area (Å²) in [4.78, 5) is 0. The zero-order valence-corrected chi connectivity index (χ0v) is 7.36. The fraction of sp³-hybridized carbons (Fsp3) is 1.00. The van der Waals surface area contributed by atoms with Crippen LogP contribution in [0.25, 0.3) is 0 Å². The molecule has 0 fully saturated rings. The maximum Gasteiger partial charge on any atom is 0 e. The first-order valence-electron chi connectivity index (χ1n) is 2.03. The Morgan fingerprint density at radius 1 is 1.67 bits per heavy atom. The van der Waals surface area contributed by atoms with Gasteiger partial charge in [-0.2, -0.15) is 0 Å². The topological polar surface area (TPSA) is 0 Å². The minimum atomic E-state index is 0. The Hall–Kier alpha value is 1.70. The van der Waals surface area contributed by atoms with Crippen molar-refractivity contribution in [2.24, 2.45) is 0 Å². The molecular formula is C4H11DyP. The molecular weight excluding hydrogens is 242 g/mol. The molecule has 0 aliphatic rings. The van der Waals surface area contributed by atoms with Crippen LogP contribution >= 0.6 is 9.24 Å². The van der Waals surface area contributed by atoms with Crippen LogP contribution in [0.1, 0.15) is 20.3 Å². The summed E-state index contributed by atoms with van der Waals surface area (Å²) in [7, 11) is 2.73. The van der Waals surface area contributed by atoms with Crippen molar-refractivity contribution in [3.8, 4) is 0 Å². The zero-order chi connectivity index (χ0) is 4.28. The van der Waals surface area contributed by atoms with Gasteiger partial charge in [-0.1, -0.05) is 20.3 Å². The summed E-state index contributed by atoms with van der Waals surface area (Å²) in [6.45, 7) is 4.36. The second kappa shape index (κ2) is 6.70. The number of rotatable bonds is 1. The molecule has 0 amide bonds. The number of hydrogen-bond acceptors (Lipinski definition) is 0. The molecule has 0 N–H and O–H groups in total. The normalized spacial score (nSPS) is 12.5. The Balaban J connectivity index is 0. The molecule has 0 rings (SSSR count). The molecule has 2 unspecified atom stereocenters. The van der Waals surface area contributed by atoms with Crippen molar-refractivity contribution in [2.75, 3.05) is 0 Å². The molecule has 0 aliphatic heterocycles. The average Bonchev–Trinajstić information content (AvgIpc) is 1.38. The fourth-order valence-corrected chi connectivity index (χ4v) is 0. The van der Waals surface area contributed by atoms with Crippen LogP contribution in [-0.4, -0.2) is 5.66 Å². The first-order chi connectivity index (χ1) is 2.27. The maximum atomic E-state index is 2.73. The molecule has 6 heavy (non-hydrogen) atoms. The van der Waals surface area contributed by atoms with E-state index in [2.05, 4.69) is 23.1 Å². The molecule has 0 heterocycles. The Morgan fingerprint density at radius 2 is 1.83 bits per heavy atom. The molecule has 0 aromatic heterocycles. The SMILES string of the molecule is CCC(C)P.[Dy].